The summed E-state index contributed by atoms with van der Waals surface area (Å²) < 4.78 is 0. The summed E-state index contributed by atoms with van der Waals surface area (Å²) in [5, 5.41) is 11.2. The van der Waals surface area contributed by atoms with Crippen LogP contribution in [0.25, 0.3) is 0 Å². The molecular weight excluding hydrogens is 260 g/mol. The van der Waals surface area contributed by atoms with Gasteiger partial charge >= 0.3 is 0 Å². The van der Waals surface area contributed by atoms with E-state index in [1.807, 2.05) is 0 Å². The Morgan fingerprint density at radius 2 is 2.27 bits per heavy atom. The van der Waals surface area contributed by atoms with Gasteiger partial charge in [-0.2, -0.15) is 0 Å². The van der Waals surface area contributed by atoms with Gasteiger partial charge in [-0.25, -0.2) is 0 Å². The second kappa shape index (κ2) is 4.80. The van der Waals surface area contributed by atoms with Crippen molar-refractivity contribution in [3.8, 4) is 11.8 Å². The molecule has 0 unspecified atom stereocenters. The van der Waals surface area contributed by atoms with Crippen LogP contribution in [0, 0.1) is 28.9 Å². The molecule has 5 heteroatoms. The first-order valence-electron chi connectivity index (χ1n) is 4.15. The Balaban J connectivity index is 3.34. The van der Waals surface area contributed by atoms with Gasteiger partial charge in [-0.1, -0.05) is 27.8 Å². The van der Waals surface area contributed by atoms with Crippen LogP contribution in [0.3, 0.4) is 0 Å². The molecule has 1 rings (SSSR count). The predicted octanol–water partition coefficient (Wildman–Crippen LogP) is 2.23. The molecule has 0 heterocycles. The Morgan fingerprint density at radius 1 is 1.60 bits per heavy atom. The molecule has 0 saturated carbocycles. The molecule has 0 aliphatic heterocycles. The Kier molecular flexibility index (Phi) is 3.69. The van der Waals surface area contributed by atoms with Crippen LogP contribution in [0.1, 0.15) is 11.1 Å². The third-order valence-corrected chi connectivity index (χ3v) is 2.07. The van der Waals surface area contributed by atoms with E-state index in [-0.39, 0.29) is 11.4 Å². The van der Waals surface area contributed by atoms with E-state index < -0.39 is 4.92 Å². The van der Waals surface area contributed by atoms with E-state index in [1.54, 1.807) is 13.0 Å². The lowest BCUT2D eigenvalue weighted by Crippen LogP contribution is -1.99. The van der Waals surface area contributed by atoms with Gasteiger partial charge in [0.2, 0.25) is 0 Å². The third kappa shape index (κ3) is 2.70. The van der Waals surface area contributed by atoms with Gasteiger partial charge in [0, 0.05) is 6.07 Å². The Bertz CT molecular complexity index is 460. The quantitative estimate of drug-likeness (QED) is 0.279. The van der Waals surface area contributed by atoms with E-state index in [0.717, 1.165) is 5.56 Å². The Labute approximate surface area is 95.8 Å². The maximum Gasteiger partial charge on any atom is 0.293 e. The fourth-order valence-corrected chi connectivity index (χ4v) is 1.30. The van der Waals surface area contributed by atoms with Crippen molar-refractivity contribution in [2.24, 2.45) is 0 Å². The highest BCUT2D eigenvalue weighted by Gasteiger charge is 2.14. The highest BCUT2D eigenvalue weighted by atomic mass is 79.9. The molecule has 0 atom stereocenters. The van der Waals surface area contributed by atoms with E-state index in [0.29, 0.717) is 10.9 Å². The minimum Gasteiger partial charge on any atom is -0.392 e. The smallest absolute Gasteiger partial charge is 0.293 e. The van der Waals surface area contributed by atoms with Crippen LogP contribution < -0.4 is 5.73 Å². The first-order valence-corrected chi connectivity index (χ1v) is 5.27. The monoisotopic (exact) mass is 268 g/mol. The van der Waals surface area contributed by atoms with Crippen molar-refractivity contribution in [1.29, 1.82) is 0 Å². The zero-order valence-electron chi connectivity index (χ0n) is 8.08. The third-order valence-electron chi connectivity index (χ3n) is 1.79. The van der Waals surface area contributed by atoms with Crippen LogP contribution in [0.5, 0.6) is 0 Å². The van der Waals surface area contributed by atoms with Crippen LogP contribution in [0.4, 0.5) is 11.4 Å². The van der Waals surface area contributed by atoms with Crippen molar-refractivity contribution in [1.82, 2.24) is 0 Å². The number of anilines is 1. The zero-order chi connectivity index (χ0) is 11.4. The van der Waals surface area contributed by atoms with E-state index in [1.165, 1.54) is 6.07 Å². The summed E-state index contributed by atoms with van der Waals surface area (Å²) in [6, 6.07) is 3.17. The molecule has 0 spiro atoms. The van der Waals surface area contributed by atoms with Crippen LogP contribution in [-0.4, -0.2) is 10.3 Å². The van der Waals surface area contributed by atoms with E-state index in [2.05, 4.69) is 27.8 Å². The molecule has 15 heavy (non-hydrogen) atoms. The van der Waals surface area contributed by atoms with Crippen molar-refractivity contribution in [2.75, 3.05) is 11.1 Å². The molecule has 0 saturated heterocycles. The summed E-state index contributed by atoms with van der Waals surface area (Å²) >= 11 is 3.15. The number of nitro benzene ring substituents is 1. The van der Waals surface area contributed by atoms with Crippen molar-refractivity contribution >= 4 is 27.3 Å². The summed E-state index contributed by atoms with van der Waals surface area (Å²) in [5.74, 6) is 5.54. The van der Waals surface area contributed by atoms with Crippen molar-refractivity contribution in [3.05, 3.63) is 33.4 Å². The maximum atomic E-state index is 10.7. The largest absolute Gasteiger partial charge is 0.392 e. The lowest BCUT2D eigenvalue weighted by molar-refractivity contribution is -0.383. The topological polar surface area (TPSA) is 69.2 Å². The first-order chi connectivity index (χ1) is 7.06. The maximum absolute atomic E-state index is 10.7. The molecule has 1 aromatic rings. The molecule has 0 aliphatic rings. The average Bonchev–Trinajstić information content (AvgIpc) is 2.18. The normalized spacial score (nSPS) is 9.20. The fraction of sp³-hybridized carbons (Fsp3) is 0.200. The van der Waals surface area contributed by atoms with Gasteiger partial charge in [-0.15, -0.1) is 0 Å². The second-order valence-electron chi connectivity index (χ2n) is 2.94. The molecule has 2 N–H and O–H groups in total. The fourth-order valence-electron chi connectivity index (χ4n) is 1.16. The van der Waals surface area contributed by atoms with Gasteiger partial charge in [0.05, 0.1) is 15.8 Å². The summed E-state index contributed by atoms with van der Waals surface area (Å²) in [4.78, 5) is 10.2. The summed E-state index contributed by atoms with van der Waals surface area (Å²) in [5.41, 5.74) is 6.94. The summed E-state index contributed by atoms with van der Waals surface area (Å²) in [7, 11) is 0. The molecule has 4 nitrogen and oxygen atoms in total. The highest BCUT2D eigenvalue weighted by molar-refractivity contribution is 9.09. The molecule has 0 bridgehead atoms. The van der Waals surface area contributed by atoms with Crippen molar-refractivity contribution in [2.45, 2.75) is 6.92 Å². The van der Waals surface area contributed by atoms with Crippen molar-refractivity contribution in [3.63, 3.8) is 0 Å². The summed E-state index contributed by atoms with van der Waals surface area (Å²) in [6.07, 6.45) is 0. The molecular formula is C10H9BrN2O2. The number of nitrogens with zero attached hydrogens (tertiary/aromatic N) is 1. The lowest BCUT2D eigenvalue weighted by atomic mass is 10.1. The summed E-state index contributed by atoms with van der Waals surface area (Å²) in [6.45, 7) is 1.77. The number of rotatable bonds is 1. The van der Waals surface area contributed by atoms with Crippen LogP contribution in [0.2, 0.25) is 0 Å². The number of alkyl halides is 1. The number of aryl methyl sites for hydroxylation is 1. The molecule has 0 fully saturated rings. The molecule has 78 valence electrons. The van der Waals surface area contributed by atoms with Crippen LogP contribution in [0.15, 0.2) is 12.1 Å². The van der Waals surface area contributed by atoms with Crippen LogP contribution in [-0.2, 0) is 0 Å². The van der Waals surface area contributed by atoms with E-state index >= 15 is 0 Å². The lowest BCUT2D eigenvalue weighted by Gasteiger charge is -2.01. The molecule has 0 amide bonds. The second-order valence-corrected chi connectivity index (χ2v) is 3.50. The standard InChI is InChI=1S/C10H9BrN2O2/c1-7-5-8(3-2-4-11)10(12)9(6-7)13(14)15/h5-6H,4,12H2,1H3. The number of nitro groups is 1. The number of nitrogens with two attached hydrogens (primary N) is 1. The average molecular weight is 269 g/mol. The number of benzene rings is 1. The molecule has 0 aliphatic carbocycles. The zero-order valence-corrected chi connectivity index (χ0v) is 9.67. The highest BCUT2D eigenvalue weighted by Crippen LogP contribution is 2.26. The van der Waals surface area contributed by atoms with Crippen LogP contribution >= 0.6 is 15.9 Å². The van der Waals surface area contributed by atoms with Gasteiger partial charge in [0.1, 0.15) is 5.69 Å². The van der Waals surface area contributed by atoms with E-state index in [9.17, 15) is 10.1 Å². The Morgan fingerprint density at radius 3 is 2.80 bits per heavy atom. The van der Waals surface area contributed by atoms with Crippen molar-refractivity contribution < 1.29 is 4.92 Å². The SMILES string of the molecule is Cc1cc(C#CCBr)c(N)c([N+](=O)[O-])c1. The molecule has 0 radical (unpaired) electrons. The van der Waals surface area contributed by atoms with Gasteiger partial charge in [-0.3, -0.25) is 10.1 Å². The minimum atomic E-state index is -0.498. The van der Waals surface area contributed by atoms with Gasteiger partial charge in [0.25, 0.3) is 5.69 Å². The minimum absolute atomic E-state index is 0.0890. The predicted molar refractivity (Wildman–Crippen MR) is 62.9 cm³/mol. The Hall–Kier alpha value is -1.54. The molecule has 0 aromatic heterocycles. The van der Waals surface area contributed by atoms with Gasteiger partial charge in [0.15, 0.2) is 0 Å². The van der Waals surface area contributed by atoms with Gasteiger partial charge < -0.3 is 5.73 Å². The number of hydrogen-bond donors (Lipinski definition) is 1. The first kappa shape index (κ1) is 11.5. The number of nitrogen functional groups attached to an aromatic ring is 1. The molecule has 1 aromatic carbocycles. The number of hydrogen-bond acceptors (Lipinski definition) is 3. The van der Waals surface area contributed by atoms with Gasteiger partial charge in [-0.05, 0) is 18.6 Å². The van der Waals surface area contributed by atoms with E-state index in [4.69, 9.17) is 5.73 Å². The number of halogens is 1.